The molecule has 1 aromatic rings. The number of aliphatic carboxylic acids is 1. The summed E-state index contributed by atoms with van der Waals surface area (Å²) in [6, 6.07) is 9.55. The van der Waals surface area contributed by atoms with Crippen LogP contribution in [0.2, 0.25) is 0 Å². The fourth-order valence-electron chi connectivity index (χ4n) is 7.31. The number of carbonyl (C=O) groups is 3. The predicted molar refractivity (Wildman–Crippen MR) is 152 cm³/mol. The Balaban J connectivity index is 1.31. The van der Waals surface area contributed by atoms with Crippen molar-refractivity contribution < 1.29 is 38.4 Å². The number of rotatable bonds is 11. The fourth-order valence-corrected chi connectivity index (χ4v) is 7.31. The zero-order chi connectivity index (χ0) is 29.9. The molecule has 4 atom stereocenters. The molecule has 3 fully saturated rings. The minimum atomic E-state index is -0.844. The highest BCUT2D eigenvalue weighted by Gasteiger charge is 2.63. The smallest absolute Gasteiger partial charge is 0.412 e. The van der Waals surface area contributed by atoms with E-state index in [0.29, 0.717) is 51.9 Å². The number of carboxylic acid groups (broad SMARTS) is 1. The van der Waals surface area contributed by atoms with Crippen molar-refractivity contribution in [2.75, 3.05) is 19.8 Å². The van der Waals surface area contributed by atoms with E-state index in [1.807, 2.05) is 58.0 Å². The molecule has 1 saturated carbocycles. The summed E-state index contributed by atoms with van der Waals surface area (Å²) in [6.07, 6.45) is 3.57. The standard InChI is InChI=1S/C32H47NO8/c1-23(19-26-21-33(29(2,3)41-26)28(37)38-22-24-10-7-6-8-11-24)18-25(34)12-15-31(5)30(4,20-27(35)36)13-9-14-32(31)39-16-17-40-32/h6-8,10-11,23,26H,9,12-22H2,1-5H3,(H,35,36)/t23-,26-,30-,31+/m1/s1. The topological polar surface area (TPSA) is 112 Å². The molecule has 1 N–H and O–H groups in total. The molecule has 9 heteroatoms. The van der Waals surface area contributed by atoms with E-state index >= 15 is 0 Å². The Morgan fingerprint density at radius 3 is 2.41 bits per heavy atom. The number of Topliss-reactive ketones (excluding diaryl/α,β-unsaturated/α-hetero) is 1. The summed E-state index contributed by atoms with van der Waals surface area (Å²) in [6.45, 7) is 11.4. The lowest BCUT2D eigenvalue weighted by atomic mass is 9.51. The first-order valence-corrected chi connectivity index (χ1v) is 15.0. The first-order valence-electron chi connectivity index (χ1n) is 15.0. The van der Waals surface area contributed by atoms with Crippen molar-refractivity contribution >= 4 is 17.8 Å². The molecule has 0 bridgehead atoms. The number of hydrogen-bond acceptors (Lipinski definition) is 7. The summed E-state index contributed by atoms with van der Waals surface area (Å²) in [7, 11) is 0. The van der Waals surface area contributed by atoms with Gasteiger partial charge in [0.25, 0.3) is 0 Å². The molecule has 1 aromatic carbocycles. The van der Waals surface area contributed by atoms with E-state index in [4.69, 9.17) is 18.9 Å². The number of ether oxygens (including phenoxy) is 4. The van der Waals surface area contributed by atoms with Gasteiger partial charge in [-0.05, 0) is 56.4 Å². The van der Waals surface area contributed by atoms with Crippen LogP contribution in [0.15, 0.2) is 30.3 Å². The number of carbonyl (C=O) groups excluding carboxylic acids is 2. The van der Waals surface area contributed by atoms with Gasteiger partial charge in [-0.15, -0.1) is 0 Å². The third kappa shape index (κ3) is 6.78. The van der Waals surface area contributed by atoms with E-state index in [9.17, 15) is 19.5 Å². The second-order valence-electron chi connectivity index (χ2n) is 13.2. The van der Waals surface area contributed by atoms with E-state index < -0.39 is 34.4 Å². The van der Waals surface area contributed by atoms with E-state index in [0.717, 1.165) is 18.4 Å². The third-order valence-electron chi connectivity index (χ3n) is 9.76. The molecule has 2 heterocycles. The van der Waals surface area contributed by atoms with Gasteiger partial charge in [0.15, 0.2) is 5.79 Å². The van der Waals surface area contributed by atoms with Crippen LogP contribution in [0.4, 0.5) is 4.79 Å². The van der Waals surface area contributed by atoms with Gasteiger partial charge in [-0.1, -0.05) is 51.1 Å². The summed E-state index contributed by atoms with van der Waals surface area (Å²) in [5.74, 6) is -1.50. The zero-order valence-corrected chi connectivity index (χ0v) is 25.3. The van der Waals surface area contributed by atoms with Crippen LogP contribution in [0.1, 0.15) is 91.5 Å². The molecular weight excluding hydrogens is 526 g/mol. The highest BCUT2D eigenvalue weighted by molar-refractivity contribution is 5.78. The molecule has 0 unspecified atom stereocenters. The van der Waals surface area contributed by atoms with Gasteiger partial charge >= 0.3 is 12.1 Å². The average Bonchev–Trinajstić information content (AvgIpc) is 3.49. The van der Waals surface area contributed by atoms with Crippen LogP contribution in [0.5, 0.6) is 0 Å². The molecule has 0 aromatic heterocycles. The molecule has 9 nitrogen and oxygen atoms in total. The monoisotopic (exact) mass is 573 g/mol. The van der Waals surface area contributed by atoms with Crippen LogP contribution in [-0.2, 0) is 35.1 Å². The second-order valence-corrected chi connectivity index (χ2v) is 13.2. The van der Waals surface area contributed by atoms with Crippen LogP contribution in [-0.4, -0.2) is 65.2 Å². The number of benzene rings is 1. The van der Waals surface area contributed by atoms with Gasteiger partial charge in [-0.2, -0.15) is 0 Å². The number of hydrogen-bond donors (Lipinski definition) is 1. The summed E-state index contributed by atoms with van der Waals surface area (Å²) in [5.41, 5.74) is -1.03. The quantitative estimate of drug-likeness (QED) is 0.346. The van der Waals surface area contributed by atoms with E-state index in [-0.39, 0.29) is 30.8 Å². The van der Waals surface area contributed by atoms with Gasteiger partial charge in [0, 0.05) is 24.7 Å². The van der Waals surface area contributed by atoms with Gasteiger partial charge < -0.3 is 24.1 Å². The summed E-state index contributed by atoms with van der Waals surface area (Å²) < 4.78 is 24.1. The van der Waals surface area contributed by atoms with Gasteiger partial charge in [-0.25, -0.2) is 4.79 Å². The third-order valence-corrected chi connectivity index (χ3v) is 9.76. The van der Waals surface area contributed by atoms with Crippen LogP contribution in [0, 0.1) is 16.7 Å². The minimum absolute atomic E-state index is 0.0155. The molecular formula is C32H47NO8. The molecule has 1 spiro atoms. The Kier molecular flexibility index (Phi) is 9.51. The van der Waals surface area contributed by atoms with Crippen molar-refractivity contribution in [2.24, 2.45) is 16.7 Å². The maximum atomic E-state index is 13.2. The Morgan fingerprint density at radius 2 is 1.76 bits per heavy atom. The highest BCUT2D eigenvalue weighted by atomic mass is 16.7. The van der Waals surface area contributed by atoms with Gasteiger partial charge in [0.2, 0.25) is 0 Å². The maximum Gasteiger partial charge on any atom is 0.412 e. The van der Waals surface area contributed by atoms with Crippen molar-refractivity contribution in [3.8, 4) is 0 Å². The number of amides is 1. The van der Waals surface area contributed by atoms with Crippen LogP contribution in [0.25, 0.3) is 0 Å². The van der Waals surface area contributed by atoms with Crippen molar-refractivity contribution in [2.45, 2.75) is 110 Å². The lowest BCUT2D eigenvalue weighted by molar-refractivity contribution is -0.291. The van der Waals surface area contributed by atoms with Crippen molar-refractivity contribution in [3.05, 3.63) is 35.9 Å². The Labute approximate surface area is 243 Å². The van der Waals surface area contributed by atoms with Crippen molar-refractivity contribution in [1.82, 2.24) is 4.90 Å². The number of nitrogens with zero attached hydrogens (tertiary/aromatic N) is 1. The molecule has 228 valence electrons. The first-order chi connectivity index (χ1) is 19.3. The molecule has 3 aliphatic rings. The lowest BCUT2D eigenvalue weighted by Crippen LogP contribution is -2.59. The Bertz CT molecular complexity index is 1080. The molecule has 0 radical (unpaired) electrons. The van der Waals surface area contributed by atoms with Gasteiger partial charge in [0.1, 0.15) is 18.1 Å². The zero-order valence-electron chi connectivity index (χ0n) is 25.3. The van der Waals surface area contributed by atoms with Gasteiger partial charge in [-0.3, -0.25) is 14.5 Å². The largest absolute Gasteiger partial charge is 0.481 e. The van der Waals surface area contributed by atoms with Crippen molar-refractivity contribution in [1.29, 1.82) is 0 Å². The Morgan fingerprint density at radius 1 is 1.07 bits per heavy atom. The molecule has 1 amide bonds. The van der Waals surface area contributed by atoms with Gasteiger partial charge in [0.05, 0.1) is 32.3 Å². The molecule has 41 heavy (non-hydrogen) atoms. The van der Waals surface area contributed by atoms with Crippen LogP contribution >= 0.6 is 0 Å². The minimum Gasteiger partial charge on any atom is -0.481 e. The van der Waals surface area contributed by atoms with Crippen LogP contribution in [0.3, 0.4) is 0 Å². The highest BCUT2D eigenvalue weighted by Crippen LogP contribution is 2.62. The normalized spacial score (nSPS) is 29.4. The summed E-state index contributed by atoms with van der Waals surface area (Å²) in [4.78, 5) is 39.5. The number of carboxylic acids is 1. The Hall–Kier alpha value is -2.49. The second kappa shape index (κ2) is 12.4. The number of ketones is 1. The lowest BCUT2D eigenvalue weighted by Gasteiger charge is -2.58. The summed E-state index contributed by atoms with van der Waals surface area (Å²) >= 11 is 0. The first kappa shape index (κ1) is 31.4. The predicted octanol–water partition coefficient (Wildman–Crippen LogP) is 5.94. The SMILES string of the molecule is C[C@H](CC(=O)CC[C@]1(C)C2(CCC[C@]1(C)CC(=O)O)OCCO2)C[C@@H]1CN(C(=O)OCc2ccccc2)C(C)(C)O1. The maximum absolute atomic E-state index is 13.2. The fraction of sp³-hybridized carbons (Fsp3) is 0.719. The van der Waals surface area contributed by atoms with Crippen molar-refractivity contribution in [3.63, 3.8) is 0 Å². The van der Waals surface area contributed by atoms with Crippen LogP contribution < -0.4 is 0 Å². The van der Waals surface area contributed by atoms with E-state index in [1.54, 1.807) is 4.90 Å². The molecule has 1 aliphatic carbocycles. The summed E-state index contributed by atoms with van der Waals surface area (Å²) in [5, 5.41) is 9.71. The van der Waals surface area contributed by atoms with E-state index in [1.165, 1.54) is 0 Å². The molecule has 4 rings (SSSR count). The van der Waals surface area contributed by atoms with E-state index in [2.05, 4.69) is 6.92 Å². The average molecular weight is 574 g/mol. The molecule has 2 aliphatic heterocycles. The molecule has 2 saturated heterocycles.